The summed E-state index contributed by atoms with van der Waals surface area (Å²) in [6.45, 7) is 0.0568. The molecule has 0 aromatic carbocycles. The van der Waals surface area contributed by atoms with E-state index in [1.54, 1.807) is 17.0 Å². The van der Waals surface area contributed by atoms with E-state index in [2.05, 4.69) is 20.3 Å². The van der Waals surface area contributed by atoms with Crippen molar-refractivity contribution in [1.29, 1.82) is 5.41 Å². The molecule has 11 heteroatoms. The zero-order valence-electron chi connectivity index (χ0n) is 14.2. The van der Waals surface area contributed by atoms with E-state index < -0.39 is 0 Å². The predicted octanol–water partition coefficient (Wildman–Crippen LogP) is 1.72. The number of allylic oxidation sites excluding steroid dienone is 2. The zero-order valence-corrected chi connectivity index (χ0v) is 15.8. The summed E-state index contributed by atoms with van der Waals surface area (Å²) < 4.78 is 3.95. The van der Waals surface area contributed by atoms with Gasteiger partial charge in [-0.3, -0.25) is 15.3 Å². The molecule has 0 amide bonds. The Bertz CT molecular complexity index is 1250. The van der Waals surface area contributed by atoms with Crippen molar-refractivity contribution in [3.8, 4) is 0 Å². The van der Waals surface area contributed by atoms with Gasteiger partial charge >= 0.3 is 0 Å². The van der Waals surface area contributed by atoms with Crippen LogP contribution in [0.2, 0.25) is 0 Å². The second-order valence-electron chi connectivity index (χ2n) is 6.01. The molecular formula is C16H15ClN8OS. The number of halogens is 1. The maximum atomic E-state index is 12.9. The fraction of sp³-hybridized carbons (Fsp3) is 0.188. The van der Waals surface area contributed by atoms with Gasteiger partial charge in [-0.15, -0.1) is 11.3 Å². The van der Waals surface area contributed by atoms with Crippen LogP contribution in [-0.2, 0) is 20.0 Å². The lowest BCUT2D eigenvalue weighted by atomic mass is 10.3. The van der Waals surface area contributed by atoms with Crippen molar-refractivity contribution in [1.82, 2.24) is 29.5 Å². The molecule has 0 radical (unpaired) electrons. The lowest BCUT2D eigenvalue weighted by molar-refractivity contribution is 0.632. The number of nitrogens with two attached hydrogens (primary N) is 1. The van der Waals surface area contributed by atoms with Gasteiger partial charge in [-0.25, -0.2) is 9.67 Å². The number of thiazole rings is 1. The van der Waals surface area contributed by atoms with Crippen molar-refractivity contribution in [3.05, 3.63) is 51.3 Å². The Kier molecular flexibility index (Phi) is 4.28. The van der Waals surface area contributed by atoms with E-state index in [9.17, 15) is 4.79 Å². The summed E-state index contributed by atoms with van der Waals surface area (Å²) in [5, 5.41) is 19.8. The maximum absolute atomic E-state index is 12.9. The first-order valence-electron chi connectivity index (χ1n) is 7.96. The van der Waals surface area contributed by atoms with Crippen LogP contribution >= 0.6 is 22.9 Å². The maximum Gasteiger partial charge on any atom is 0.291 e. The molecule has 4 rings (SSSR count). The van der Waals surface area contributed by atoms with Gasteiger partial charge in [0.2, 0.25) is 0 Å². The fourth-order valence-corrected chi connectivity index (χ4v) is 4.22. The third kappa shape index (κ3) is 3.13. The number of aryl methyl sites for hydroxylation is 1. The summed E-state index contributed by atoms with van der Waals surface area (Å²) in [5.74, 6) is 0. The number of hydrogen-bond donors (Lipinski definition) is 3. The lowest BCUT2D eigenvalue weighted by Gasteiger charge is -2.05. The Morgan fingerprint density at radius 1 is 1.52 bits per heavy atom. The average Bonchev–Trinajstić information content (AvgIpc) is 3.29. The van der Waals surface area contributed by atoms with Crippen LogP contribution in [0.1, 0.15) is 10.7 Å². The van der Waals surface area contributed by atoms with E-state index in [0.717, 1.165) is 26.4 Å². The van der Waals surface area contributed by atoms with Crippen LogP contribution in [0.4, 0.5) is 0 Å². The van der Waals surface area contributed by atoms with Gasteiger partial charge in [0.15, 0.2) is 5.65 Å². The Morgan fingerprint density at radius 3 is 3.04 bits per heavy atom. The third-order valence-corrected chi connectivity index (χ3v) is 5.30. The summed E-state index contributed by atoms with van der Waals surface area (Å²) in [4.78, 5) is 17.5. The summed E-state index contributed by atoms with van der Waals surface area (Å²) in [5.41, 5.74) is 8.05. The predicted molar refractivity (Wildman–Crippen MR) is 105 cm³/mol. The molecule has 0 aliphatic carbocycles. The van der Waals surface area contributed by atoms with Crippen molar-refractivity contribution < 1.29 is 0 Å². The van der Waals surface area contributed by atoms with E-state index in [1.165, 1.54) is 22.1 Å². The molecule has 0 bridgehead atoms. The van der Waals surface area contributed by atoms with E-state index in [4.69, 9.17) is 22.7 Å². The monoisotopic (exact) mass is 402 g/mol. The van der Waals surface area contributed by atoms with Crippen LogP contribution in [0.15, 0.2) is 35.0 Å². The van der Waals surface area contributed by atoms with E-state index in [-0.39, 0.29) is 23.0 Å². The van der Waals surface area contributed by atoms with Crippen LogP contribution in [0.25, 0.3) is 21.3 Å². The van der Waals surface area contributed by atoms with Gasteiger partial charge in [0.1, 0.15) is 15.7 Å². The minimum Gasteiger partial charge on any atom is -0.400 e. The van der Waals surface area contributed by atoms with Gasteiger partial charge in [0.25, 0.3) is 5.56 Å². The molecule has 4 aromatic heterocycles. The first kappa shape index (κ1) is 17.4. The van der Waals surface area contributed by atoms with Gasteiger partial charge in [0, 0.05) is 36.4 Å². The first-order chi connectivity index (χ1) is 12.9. The van der Waals surface area contributed by atoms with E-state index in [1.807, 2.05) is 13.1 Å². The second-order valence-corrected chi connectivity index (χ2v) is 7.51. The highest BCUT2D eigenvalue weighted by molar-refractivity contribution is 7.19. The average molecular weight is 403 g/mol. The molecule has 0 fully saturated rings. The minimum atomic E-state index is -0.271. The minimum absolute atomic E-state index is 0.0568. The highest BCUT2D eigenvalue weighted by Gasteiger charge is 2.18. The largest absolute Gasteiger partial charge is 0.400 e. The fourth-order valence-electron chi connectivity index (χ4n) is 2.95. The smallest absolute Gasteiger partial charge is 0.291 e. The van der Waals surface area contributed by atoms with Crippen LogP contribution in [0, 0.1) is 5.41 Å². The second kappa shape index (κ2) is 6.63. The van der Waals surface area contributed by atoms with E-state index >= 15 is 0 Å². The Labute approximate surface area is 161 Å². The number of rotatable bonds is 5. The molecule has 0 saturated carbocycles. The van der Waals surface area contributed by atoms with Crippen molar-refractivity contribution in [2.24, 2.45) is 12.8 Å². The Morgan fingerprint density at radius 2 is 2.33 bits per heavy atom. The Hall–Kier alpha value is -2.98. The molecule has 9 nitrogen and oxygen atoms in total. The molecule has 4 aromatic rings. The summed E-state index contributed by atoms with van der Waals surface area (Å²) in [7, 11) is 1.81. The molecule has 4 heterocycles. The number of hydrogen-bond acceptors (Lipinski definition) is 7. The number of nitrogens with one attached hydrogen (secondary N) is 2. The SMILES string of the molecule is Cn1c2nc(Cc3ccn[nH]3)sc2c2cnn(CC(N)=CC(=N)Cl)c(=O)c21. The number of aromatic nitrogens is 6. The zero-order chi connectivity index (χ0) is 19.1. The molecule has 0 atom stereocenters. The normalized spacial score (nSPS) is 12.3. The molecule has 0 unspecified atom stereocenters. The van der Waals surface area contributed by atoms with Crippen LogP contribution in [0.3, 0.4) is 0 Å². The van der Waals surface area contributed by atoms with Crippen LogP contribution in [0.5, 0.6) is 0 Å². The molecule has 138 valence electrons. The number of nitrogens with zero attached hydrogens (tertiary/aromatic N) is 5. The highest BCUT2D eigenvalue weighted by Crippen LogP contribution is 2.31. The van der Waals surface area contributed by atoms with Gasteiger partial charge in [-0.1, -0.05) is 11.6 Å². The molecular weight excluding hydrogens is 388 g/mol. The van der Waals surface area contributed by atoms with Crippen LogP contribution in [-0.4, -0.2) is 34.7 Å². The van der Waals surface area contributed by atoms with Gasteiger partial charge in [-0.05, 0) is 12.1 Å². The van der Waals surface area contributed by atoms with Gasteiger partial charge in [-0.2, -0.15) is 10.2 Å². The number of aromatic amines is 1. The lowest BCUT2D eigenvalue weighted by Crippen LogP contribution is -2.26. The van der Waals surface area contributed by atoms with Crippen molar-refractivity contribution in [3.63, 3.8) is 0 Å². The van der Waals surface area contributed by atoms with Crippen molar-refractivity contribution in [2.75, 3.05) is 0 Å². The van der Waals surface area contributed by atoms with Gasteiger partial charge < -0.3 is 10.3 Å². The first-order valence-corrected chi connectivity index (χ1v) is 9.15. The molecule has 0 aliphatic heterocycles. The highest BCUT2D eigenvalue weighted by atomic mass is 35.5. The standard InChI is InChI=1S/C16H15ClN8OS/c1-24-13-10(6-21-25(16(13)26)7-8(18)4-11(17)19)14-15(24)22-12(27-14)5-9-2-3-20-23-9/h2-4,6,19H,5,7,18H2,1H3,(H,20,23). The summed E-state index contributed by atoms with van der Waals surface area (Å²) in [6.07, 6.45) is 5.29. The number of H-pyrrole nitrogens is 1. The van der Waals surface area contributed by atoms with Crippen molar-refractivity contribution in [2.45, 2.75) is 13.0 Å². The molecule has 0 saturated heterocycles. The molecule has 0 aliphatic rings. The third-order valence-electron chi connectivity index (χ3n) is 4.11. The van der Waals surface area contributed by atoms with Crippen molar-refractivity contribution >= 4 is 49.4 Å². The molecule has 0 spiro atoms. The molecule has 4 N–H and O–H groups in total. The van der Waals surface area contributed by atoms with Gasteiger partial charge in [0.05, 0.1) is 17.4 Å². The summed E-state index contributed by atoms with van der Waals surface area (Å²) in [6, 6.07) is 1.91. The van der Waals surface area contributed by atoms with Crippen LogP contribution < -0.4 is 11.3 Å². The quantitative estimate of drug-likeness (QED) is 0.437. The summed E-state index contributed by atoms with van der Waals surface area (Å²) >= 11 is 7.04. The van der Waals surface area contributed by atoms with E-state index in [0.29, 0.717) is 11.9 Å². The topological polar surface area (TPSA) is 131 Å². The number of fused-ring (bicyclic) bond motifs is 3. The molecule has 27 heavy (non-hydrogen) atoms. The Balaban J connectivity index is 1.78.